The standard InChI is InChI=1S/C40H73O12P/c1-3-5-7-9-11-13-14-15-16-17-18-19-20-21-22-24-26-28-30-49-31-33(51-34(41)29-27-25-23-12-10-8-6-4-2)32-50-53(47,48)52-40-38(45)36(43)35(42)37(44)39(40)46/h5,7,11,13,15-16,33,35-40,42-46H,3-4,6,8-10,12,14,17-32H2,1-2H3,(H,47,48)/b7-5-,13-11-,16-15-. The van der Waals surface area contributed by atoms with Crippen LogP contribution in [0, 0.1) is 0 Å². The quantitative estimate of drug-likeness (QED) is 0.0171. The van der Waals surface area contributed by atoms with Crippen LogP contribution >= 0.6 is 7.82 Å². The molecule has 0 bridgehead atoms. The van der Waals surface area contributed by atoms with Gasteiger partial charge in [-0.2, -0.15) is 0 Å². The highest BCUT2D eigenvalue weighted by Crippen LogP contribution is 2.47. The summed E-state index contributed by atoms with van der Waals surface area (Å²) in [4.78, 5) is 22.9. The third-order valence-corrected chi connectivity index (χ3v) is 10.3. The molecule has 0 saturated heterocycles. The molecular weight excluding hydrogens is 703 g/mol. The summed E-state index contributed by atoms with van der Waals surface area (Å²) < 4.78 is 33.9. The van der Waals surface area contributed by atoms with Crippen LogP contribution in [0.4, 0.5) is 0 Å². The first-order valence-electron chi connectivity index (χ1n) is 20.3. The second-order valence-electron chi connectivity index (χ2n) is 14.1. The summed E-state index contributed by atoms with van der Waals surface area (Å²) in [5.74, 6) is -0.487. The number of aliphatic hydroxyl groups excluding tert-OH is 5. The second kappa shape index (κ2) is 31.7. The fourth-order valence-electron chi connectivity index (χ4n) is 6.02. The van der Waals surface area contributed by atoms with Crippen molar-refractivity contribution in [1.29, 1.82) is 0 Å². The zero-order chi connectivity index (χ0) is 39.2. The van der Waals surface area contributed by atoms with Crippen molar-refractivity contribution in [1.82, 2.24) is 0 Å². The van der Waals surface area contributed by atoms with Crippen molar-refractivity contribution in [3.8, 4) is 0 Å². The number of carbonyl (C=O) groups excluding carboxylic acids is 1. The molecule has 0 heterocycles. The van der Waals surface area contributed by atoms with Crippen molar-refractivity contribution >= 4 is 13.8 Å². The van der Waals surface area contributed by atoms with Crippen LogP contribution in [0.2, 0.25) is 0 Å². The van der Waals surface area contributed by atoms with Gasteiger partial charge in [-0.25, -0.2) is 4.57 Å². The number of hydrogen-bond acceptors (Lipinski definition) is 11. The van der Waals surface area contributed by atoms with E-state index in [2.05, 4.69) is 50.3 Å². The fourth-order valence-corrected chi connectivity index (χ4v) is 6.99. The number of rotatable bonds is 33. The van der Waals surface area contributed by atoms with Gasteiger partial charge in [0.1, 0.15) is 42.7 Å². The first kappa shape index (κ1) is 49.6. The molecule has 12 nitrogen and oxygen atoms in total. The van der Waals surface area contributed by atoms with Crippen molar-refractivity contribution in [2.45, 2.75) is 191 Å². The minimum Gasteiger partial charge on any atom is -0.457 e. The van der Waals surface area contributed by atoms with Gasteiger partial charge in [0.2, 0.25) is 0 Å². The maximum Gasteiger partial charge on any atom is 0.472 e. The monoisotopic (exact) mass is 776 g/mol. The lowest BCUT2D eigenvalue weighted by Crippen LogP contribution is -2.64. The Hall–Kier alpha value is -1.44. The molecule has 0 aliphatic heterocycles. The molecule has 0 radical (unpaired) electrons. The lowest BCUT2D eigenvalue weighted by Gasteiger charge is -2.41. The number of ether oxygens (including phenoxy) is 2. The number of aliphatic hydroxyl groups is 5. The Kier molecular flexibility index (Phi) is 29.7. The Labute approximate surface area is 319 Å². The Balaban J connectivity index is 2.39. The molecular formula is C40H73O12P. The molecule has 1 saturated carbocycles. The fraction of sp³-hybridized carbons (Fsp3) is 0.825. The Morgan fingerprint density at radius 1 is 0.623 bits per heavy atom. The van der Waals surface area contributed by atoms with Crippen LogP contribution in [0.5, 0.6) is 0 Å². The number of phosphoric ester groups is 1. The maximum atomic E-state index is 12.7. The third-order valence-electron chi connectivity index (χ3n) is 9.28. The van der Waals surface area contributed by atoms with Gasteiger partial charge in [-0.05, 0) is 44.9 Å². The highest BCUT2D eigenvalue weighted by molar-refractivity contribution is 7.47. The van der Waals surface area contributed by atoms with Gasteiger partial charge in [0.25, 0.3) is 0 Å². The molecule has 53 heavy (non-hydrogen) atoms. The molecule has 6 atom stereocenters. The minimum atomic E-state index is -5.01. The largest absolute Gasteiger partial charge is 0.472 e. The summed E-state index contributed by atoms with van der Waals surface area (Å²) >= 11 is 0. The van der Waals surface area contributed by atoms with E-state index >= 15 is 0 Å². The van der Waals surface area contributed by atoms with Crippen molar-refractivity contribution in [2.24, 2.45) is 0 Å². The molecule has 310 valence electrons. The summed E-state index contributed by atoms with van der Waals surface area (Å²) in [5, 5.41) is 49.9. The van der Waals surface area contributed by atoms with Crippen LogP contribution in [-0.2, 0) is 27.9 Å². The predicted molar refractivity (Wildman–Crippen MR) is 207 cm³/mol. The zero-order valence-electron chi connectivity index (χ0n) is 32.6. The van der Waals surface area contributed by atoms with Crippen LogP contribution in [0.1, 0.15) is 149 Å². The molecule has 0 spiro atoms. The number of unbranched alkanes of at least 4 members (excludes halogenated alkanes) is 15. The van der Waals surface area contributed by atoms with Gasteiger partial charge in [0.05, 0.1) is 13.2 Å². The van der Waals surface area contributed by atoms with Crippen LogP contribution in [-0.4, -0.2) is 98.9 Å². The van der Waals surface area contributed by atoms with E-state index in [1.54, 1.807) is 0 Å². The number of phosphoric acid groups is 1. The topological polar surface area (TPSA) is 192 Å². The maximum absolute atomic E-state index is 12.7. The Morgan fingerprint density at radius 3 is 1.70 bits per heavy atom. The van der Waals surface area contributed by atoms with Crippen molar-refractivity contribution in [3.63, 3.8) is 0 Å². The molecule has 0 aromatic heterocycles. The van der Waals surface area contributed by atoms with E-state index < -0.39 is 63.1 Å². The van der Waals surface area contributed by atoms with Gasteiger partial charge in [-0.15, -0.1) is 0 Å². The SMILES string of the molecule is CC/C=C\C/C=C\C/C=C\CCCCCCCCCCOCC(COP(=O)(O)OC1C(O)C(O)C(O)C(O)C1O)OC(=O)CCCCCCCCCC. The first-order valence-corrected chi connectivity index (χ1v) is 21.8. The summed E-state index contributed by atoms with van der Waals surface area (Å²) in [6.07, 6.45) is 22.4. The van der Waals surface area contributed by atoms with E-state index in [1.807, 2.05) is 0 Å². The van der Waals surface area contributed by atoms with Crippen LogP contribution < -0.4 is 0 Å². The van der Waals surface area contributed by atoms with Gasteiger partial charge in [0.15, 0.2) is 0 Å². The van der Waals surface area contributed by atoms with Crippen LogP contribution in [0.3, 0.4) is 0 Å². The highest BCUT2D eigenvalue weighted by Gasteiger charge is 2.51. The average Bonchev–Trinajstić information content (AvgIpc) is 3.14. The van der Waals surface area contributed by atoms with Crippen LogP contribution in [0.25, 0.3) is 0 Å². The van der Waals surface area contributed by atoms with Crippen molar-refractivity contribution < 1.29 is 58.3 Å². The number of allylic oxidation sites excluding steroid dienone is 6. The molecule has 1 fully saturated rings. The van der Waals surface area contributed by atoms with Crippen molar-refractivity contribution in [2.75, 3.05) is 19.8 Å². The van der Waals surface area contributed by atoms with E-state index in [0.717, 1.165) is 70.6 Å². The van der Waals surface area contributed by atoms with Gasteiger partial charge < -0.3 is 39.9 Å². The van der Waals surface area contributed by atoms with Gasteiger partial charge in [0, 0.05) is 13.0 Å². The first-order chi connectivity index (χ1) is 25.5. The summed E-state index contributed by atoms with van der Waals surface area (Å²) in [5.41, 5.74) is 0. The van der Waals surface area contributed by atoms with E-state index in [9.17, 15) is 39.8 Å². The Morgan fingerprint density at radius 2 is 1.11 bits per heavy atom. The Bertz CT molecular complexity index is 1020. The molecule has 13 heteroatoms. The minimum absolute atomic E-state index is 0.0808. The van der Waals surface area contributed by atoms with E-state index in [4.69, 9.17) is 18.5 Å². The molecule has 6 unspecified atom stereocenters. The zero-order valence-corrected chi connectivity index (χ0v) is 33.5. The van der Waals surface area contributed by atoms with Gasteiger partial charge >= 0.3 is 13.8 Å². The molecule has 1 rings (SSSR count). The van der Waals surface area contributed by atoms with E-state index in [1.165, 1.54) is 51.4 Å². The third kappa shape index (κ3) is 24.6. The second-order valence-corrected chi connectivity index (χ2v) is 15.5. The molecule has 0 aromatic rings. The average molecular weight is 777 g/mol. The number of hydrogen-bond donors (Lipinski definition) is 6. The highest BCUT2D eigenvalue weighted by atomic mass is 31.2. The van der Waals surface area contributed by atoms with Crippen LogP contribution in [0.15, 0.2) is 36.5 Å². The summed E-state index contributed by atoms with van der Waals surface area (Å²) in [6.45, 7) is 4.07. The molecule has 0 aromatic carbocycles. The molecule has 1 aliphatic carbocycles. The molecule has 0 amide bonds. The lowest BCUT2D eigenvalue weighted by atomic mass is 9.85. The van der Waals surface area contributed by atoms with Gasteiger partial charge in [-0.3, -0.25) is 13.8 Å². The predicted octanol–water partition coefficient (Wildman–Crippen LogP) is 7.14. The lowest BCUT2D eigenvalue weighted by molar-refractivity contribution is -0.220. The normalized spacial score (nSPS) is 24.0. The van der Waals surface area contributed by atoms with Crippen molar-refractivity contribution in [3.05, 3.63) is 36.5 Å². The number of esters is 1. The summed E-state index contributed by atoms with van der Waals surface area (Å²) in [6, 6.07) is 0. The molecule has 1 aliphatic rings. The molecule has 6 N–H and O–H groups in total. The smallest absolute Gasteiger partial charge is 0.457 e. The van der Waals surface area contributed by atoms with Gasteiger partial charge in [-0.1, -0.05) is 134 Å². The summed E-state index contributed by atoms with van der Waals surface area (Å²) in [7, 11) is -5.01. The van der Waals surface area contributed by atoms with E-state index in [0.29, 0.717) is 13.0 Å². The van der Waals surface area contributed by atoms with E-state index in [-0.39, 0.29) is 13.0 Å². The number of carbonyl (C=O) groups is 1.